The minimum absolute atomic E-state index is 0.127. The molecular weight excluding hydrogens is 473 g/mol. The molecule has 0 spiro atoms. The topological polar surface area (TPSA) is 59.8 Å². The third-order valence-electron chi connectivity index (χ3n) is 6.96. The van der Waals surface area contributed by atoms with E-state index in [2.05, 4.69) is 10.00 Å². The zero-order chi connectivity index (χ0) is 25.6. The number of hydrogen-bond acceptors (Lipinski definition) is 5. The van der Waals surface area contributed by atoms with Crippen molar-refractivity contribution in [2.45, 2.75) is 45.5 Å². The molecule has 2 aliphatic rings. The first-order valence-electron chi connectivity index (χ1n) is 11.9. The fourth-order valence-electron chi connectivity index (χ4n) is 4.69. The molecule has 10 heteroatoms. The van der Waals surface area contributed by atoms with Gasteiger partial charge in [-0.25, -0.2) is 4.68 Å². The fraction of sp³-hybridized carbons (Fsp3) is 0.385. The quantitative estimate of drug-likeness (QED) is 0.491. The van der Waals surface area contributed by atoms with Crippen LogP contribution in [-0.4, -0.2) is 47.0 Å². The summed E-state index contributed by atoms with van der Waals surface area (Å²) in [6.07, 6.45) is -3.27. The number of anilines is 1. The van der Waals surface area contributed by atoms with Gasteiger partial charge in [-0.2, -0.15) is 18.3 Å². The predicted octanol–water partition coefficient (Wildman–Crippen LogP) is 5.05. The number of rotatable bonds is 5. The number of nitrogens with zero attached hydrogens (tertiary/aromatic N) is 4. The van der Waals surface area contributed by atoms with Crippen molar-refractivity contribution >= 4 is 11.6 Å². The molecule has 0 radical (unpaired) electrons. The van der Waals surface area contributed by atoms with Crippen molar-refractivity contribution in [3.05, 3.63) is 65.0 Å². The highest BCUT2D eigenvalue weighted by atomic mass is 19.4. The number of fused-ring (bicyclic) bond motifs is 2. The lowest BCUT2D eigenvalue weighted by Gasteiger charge is -2.32. The second-order valence-corrected chi connectivity index (χ2v) is 9.11. The summed E-state index contributed by atoms with van der Waals surface area (Å²) in [7, 11) is 1.63. The molecule has 0 fully saturated rings. The predicted molar refractivity (Wildman–Crippen MR) is 128 cm³/mol. The van der Waals surface area contributed by atoms with E-state index in [1.54, 1.807) is 49.5 Å². The van der Waals surface area contributed by atoms with Gasteiger partial charge >= 0.3 is 6.18 Å². The van der Waals surface area contributed by atoms with Crippen molar-refractivity contribution in [3.8, 4) is 17.2 Å². The van der Waals surface area contributed by atoms with Gasteiger partial charge in [-0.1, -0.05) is 13.0 Å². The standard InChI is InChI=1S/C26H27F3N4O3/c1-4-16(2)32-11-10-21-20(14-32)24(26(27,28)29)30-33(21)19-7-5-6-17(12-19)25(34)31(3)18-8-9-22-23(13-18)36-15-35-22/h5-9,12-13,16H,4,10-11,14-15H2,1-3H3/t16-/m0/s1. The Morgan fingerprint density at radius 1 is 1.17 bits per heavy atom. The van der Waals surface area contributed by atoms with E-state index in [4.69, 9.17) is 9.47 Å². The van der Waals surface area contributed by atoms with Crippen LogP contribution in [0.5, 0.6) is 11.5 Å². The Morgan fingerprint density at radius 3 is 2.69 bits per heavy atom. The maximum atomic E-state index is 13.9. The molecule has 5 rings (SSSR count). The molecule has 36 heavy (non-hydrogen) atoms. The van der Waals surface area contributed by atoms with Crippen LogP contribution >= 0.6 is 0 Å². The van der Waals surface area contributed by atoms with Gasteiger partial charge in [-0.05, 0) is 43.7 Å². The second-order valence-electron chi connectivity index (χ2n) is 9.11. The minimum Gasteiger partial charge on any atom is -0.454 e. The lowest BCUT2D eigenvalue weighted by molar-refractivity contribution is -0.142. The number of halogens is 3. The lowest BCUT2D eigenvalue weighted by Crippen LogP contribution is -2.38. The van der Waals surface area contributed by atoms with Gasteiger partial charge in [0.2, 0.25) is 6.79 Å². The van der Waals surface area contributed by atoms with E-state index in [-0.39, 0.29) is 30.9 Å². The number of ether oxygens (including phenoxy) is 2. The molecule has 1 atom stereocenters. The molecule has 190 valence electrons. The van der Waals surface area contributed by atoms with Gasteiger partial charge in [0.1, 0.15) is 0 Å². The van der Waals surface area contributed by atoms with Gasteiger partial charge in [0, 0.05) is 55.5 Å². The smallest absolute Gasteiger partial charge is 0.435 e. The number of amides is 1. The number of carbonyl (C=O) groups is 1. The van der Waals surface area contributed by atoms with Crippen molar-refractivity contribution in [2.75, 3.05) is 25.3 Å². The molecule has 3 aromatic rings. The molecule has 0 saturated carbocycles. The average molecular weight is 501 g/mol. The summed E-state index contributed by atoms with van der Waals surface area (Å²) in [5.74, 6) is 0.850. The molecule has 0 unspecified atom stereocenters. The SMILES string of the molecule is CC[C@H](C)N1CCc2c(c(C(F)(F)F)nn2-c2cccc(C(=O)N(C)c3ccc4c(c3)OCO4)c2)C1. The molecule has 3 heterocycles. The Kier molecular flexibility index (Phi) is 6.15. The third kappa shape index (κ3) is 4.30. The van der Waals surface area contributed by atoms with Crippen LogP contribution in [0, 0.1) is 0 Å². The summed E-state index contributed by atoms with van der Waals surface area (Å²) in [6, 6.07) is 11.9. The fourth-order valence-corrected chi connectivity index (χ4v) is 4.69. The number of alkyl halides is 3. The first-order valence-corrected chi connectivity index (χ1v) is 11.9. The molecule has 7 nitrogen and oxygen atoms in total. The van der Waals surface area contributed by atoms with E-state index in [0.717, 1.165) is 6.42 Å². The highest BCUT2D eigenvalue weighted by Crippen LogP contribution is 2.37. The molecular formula is C26H27F3N4O3. The number of hydrogen-bond donors (Lipinski definition) is 0. The Balaban J connectivity index is 1.48. The van der Waals surface area contributed by atoms with Crippen molar-refractivity contribution in [3.63, 3.8) is 0 Å². The zero-order valence-corrected chi connectivity index (χ0v) is 20.3. The summed E-state index contributed by atoms with van der Waals surface area (Å²) in [6.45, 7) is 5.02. The molecule has 0 N–H and O–H groups in total. The molecule has 2 aromatic carbocycles. The van der Waals surface area contributed by atoms with Crippen molar-refractivity contribution in [1.82, 2.24) is 14.7 Å². The van der Waals surface area contributed by atoms with Crippen LogP contribution in [0.3, 0.4) is 0 Å². The summed E-state index contributed by atoms with van der Waals surface area (Å²) in [5, 5.41) is 4.01. The van der Waals surface area contributed by atoms with Crippen molar-refractivity contribution in [2.24, 2.45) is 0 Å². The summed E-state index contributed by atoms with van der Waals surface area (Å²) < 4.78 is 53.9. The summed E-state index contributed by atoms with van der Waals surface area (Å²) in [5.41, 5.74) is 1.25. The first-order chi connectivity index (χ1) is 17.2. The largest absolute Gasteiger partial charge is 0.454 e. The Morgan fingerprint density at radius 2 is 1.94 bits per heavy atom. The summed E-state index contributed by atoms with van der Waals surface area (Å²) >= 11 is 0. The van der Waals surface area contributed by atoms with Gasteiger partial charge in [-0.15, -0.1) is 0 Å². The van der Waals surface area contributed by atoms with Gasteiger partial charge in [0.05, 0.1) is 11.4 Å². The zero-order valence-electron chi connectivity index (χ0n) is 20.3. The van der Waals surface area contributed by atoms with E-state index < -0.39 is 11.9 Å². The van der Waals surface area contributed by atoms with E-state index in [9.17, 15) is 18.0 Å². The van der Waals surface area contributed by atoms with E-state index in [1.165, 1.54) is 9.58 Å². The maximum absolute atomic E-state index is 13.9. The number of benzene rings is 2. The molecule has 1 aromatic heterocycles. The van der Waals surface area contributed by atoms with Crippen LogP contribution in [0.2, 0.25) is 0 Å². The van der Waals surface area contributed by atoms with Crippen LogP contribution in [0.1, 0.15) is 47.6 Å². The van der Waals surface area contributed by atoms with Crippen LogP contribution < -0.4 is 14.4 Å². The molecule has 1 amide bonds. The molecule has 2 aliphatic heterocycles. The molecule has 0 saturated heterocycles. The highest BCUT2D eigenvalue weighted by molar-refractivity contribution is 6.06. The second kappa shape index (κ2) is 9.16. The van der Waals surface area contributed by atoms with E-state index in [0.29, 0.717) is 47.1 Å². The Bertz CT molecular complexity index is 1300. The summed E-state index contributed by atoms with van der Waals surface area (Å²) in [4.78, 5) is 16.8. The number of aromatic nitrogens is 2. The van der Waals surface area contributed by atoms with Gasteiger partial charge in [0.25, 0.3) is 5.91 Å². The average Bonchev–Trinajstić information content (AvgIpc) is 3.51. The van der Waals surface area contributed by atoms with Crippen LogP contribution in [0.15, 0.2) is 42.5 Å². The first kappa shape index (κ1) is 24.2. The van der Waals surface area contributed by atoms with Gasteiger partial charge in [-0.3, -0.25) is 9.69 Å². The Labute approximate surface area is 207 Å². The molecule has 0 aliphatic carbocycles. The monoisotopic (exact) mass is 500 g/mol. The Hall–Kier alpha value is -3.53. The van der Waals surface area contributed by atoms with Crippen molar-refractivity contribution in [1.29, 1.82) is 0 Å². The third-order valence-corrected chi connectivity index (χ3v) is 6.96. The lowest BCUT2D eigenvalue weighted by atomic mass is 10.0. The van der Waals surface area contributed by atoms with E-state index in [1.807, 2.05) is 13.8 Å². The molecule has 0 bridgehead atoms. The van der Waals surface area contributed by atoms with Gasteiger partial charge < -0.3 is 14.4 Å². The normalized spacial score (nSPS) is 16.1. The van der Waals surface area contributed by atoms with Crippen molar-refractivity contribution < 1.29 is 27.4 Å². The maximum Gasteiger partial charge on any atom is 0.435 e. The minimum atomic E-state index is -4.57. The van der Waals surface area contributed by atoms with Crippen LogP contribution in [-0.2, 0) is 19.1 Å². The van der Waals surface area contributed by atoms with E-state index >= 15 is 0 Å². The van der Waals surface area contributed by atoms with Crippen LogP contribution in [0.4, 0.5) is 18.9 Å². The van der Waals surface area contributed by atoms with Gasteiger partial charge in [0.15, 0.2) is 17.2 Å². The number of carbonyl (C=O) groups excluding carboxylic acids is 1. The van der Waals surface area contributed by atoms with Crippen LogP contribution in [0.25, 0.3) is 5.69 Å². The highest BCUT2D eigenvalue weighted by Gasteiger charge is 2.41.